The van der Waals surface area contributed by atoms with Gasteiger partial charge in [-0.1, -0.05) is 206 Å². The van der Waals surface area contributed by atoms with Crippen LogP contribution in [-0.2, 0) is 14.3 Å². The lowest BCUT2D eigenvalue weighted by molar-refractivity contribution is -0.154. The zero-order valence-electron chi connectivity index (χ0n) is 38.2. The fourth-order valence-corrected chi connectivity index (χ4v) is 6.26. The molecular weight excluding hydrogens is 725 g/mol. The van der Waals surface area contributed by atoms with Gasteiger partial charge in [0.2, 0.25) is 0 Å². The third-order valence-electron chi connectivity index (χ3n) is 9.78. The molecule has 0 saturated carbocycles. The summed E-state index contributed by atoms with van der Waals surface area (Å²) in [6, 6.07) is 0. The molecule has 0 bridgehead atoms. The molecule has 4 heteroatoms. The van der Waals surface area contributed by atoms with E-state index in [1.54, 1.807) is 0 Å². The Bertz CT molecular complexity index is 1180. The smallest absolute Gasteiger partial charge is 0.306 e. The minimum absolute atomic E-state index is 0.197. The number of unbranched alkanes of at least 4 members (excludes halogenated alkanes) is 15. The molecule has 0 aliphatic rings. The second-order valence-electron chi connectivity index (χ2n) is 15.4. The summed E-state index contributed by atoms with van der Waals surface area (Å²) in [6.07, 6.45) is 75.7. The summed E-state index contributed by atoms with van der Waals surface area (Å²) in [5.41, 5.74) is 0. The number of allylic oxidation sites excluding steroid dienone is 20. The van der Waals surface area contributed by atoms with Crippen molar-refractivity contribution in [3.63, 3.8) is 0 Å². The van der Waals surface area contributed by atoms with Gasteiger partial charge in [-0.05, 0) is 103 Å². The molecule has 0 heterocycles. The van der Waals surface area contributed by atoms with E-state index in [9.17, 15) is 9.90 Å². The zero-order valence-corrected chi connectivity index (χ0v) is 38.2. The third kappa shape index (κ3) is 49.1. The van der Waals surface area contributed by atoms with Crippen molar-refractivity contribution in [3.8, 4) is 0 Å². The number of carbonyl (C=O) groups excluding carboxylic acids is 1. The minimum atomic E-state index is -0.568. The number of ether oxygens (including phenoxy) is 2. The maximum atomic E-state index is 12.2. The summed E-state index contributed by atoms with van der Waals surface area (Å²) in [6.45, 7) is 5.06. The predicted octanol–water partition coefficient (Wildman–Crippen LogP) is 16.4. The number of esters is 1. The Balaban J connectivity index is 3.53. The van der Waals surface area contributed by atoms with Gasteiger partial charge in [-0.2, -0.15) is 0 Å². The first-order chi connectivity index (χ1) is 29.2. The Morgan fingerprint density at radius 3 is 1.07 bits per heavy atom. The molecule has 0 aromatic rings. The highest BCUT2D eigenvalue weighted by molar-refractivity contribution is 5.69. The molecular formula is C55H90O4. The van der Waals surface area contributed by atoms with E-state index < -0.39 is 6.10 Å². The van der Waals surface area contributed by atoms with Gasteiger partial charge in [0, 0.05) is 13.0 Å². The topological polar surface area (TPSA) is 55.8 Å². The van der Waals surface area contributed by atoms with Gasteiger partial charge in [-0.3, -0.25) is 4.79 Å². The highest BCUT2D eigenvalue weighted by Crippen LogP contribution is 2.14. The first-order valence-electron chi connectivity index (χ1n) is 24.1. The van der Waals surface area contributed by atoms with E-state index in [0.29, 0.717) is 13.0 Å². The highest BCUT2D eigenvalue weighted by atomic mass is 16.6. The number of aliphatic hydroxyl groups is 1. The van der Waals surface area contributed by atoms with Crippen LogP contribution in [0.1, 0.15) is 194 Å². The summed E-state index contributed by atoms with van der Waals surface area (Å²) in [5, 5.41) is 9.63. The maximum absolute atomic E-state index is 12.2. The summed E-state index contributed by atoms with van der Waals surface area (Å²) in [4.78, 5) is 12.2. The van der Waals surface area contributed by atoms with Crippen LogP contribution in [0.15, 0.2) is 122 Å². The lowest BCUT2D eigenvalue weighted by Gasteiger charge is -2.15. The van der Waals surface area contributed by atoms with Crippen molar-refractivity contribution in [1.82, 2.24) is 0 Å². The fourth-order valence-electron chi connectivity index (χ4n) is 6.26. The summed E-state index contributed by atoms with van der Waals surface area (Å²) >= 11 is 0. The molecule has 0 spiro atoms. The molecule has 1 N–H and O–H groups in total. The van der Waals surface area contributed by atoms with Gasteiger partial charge in [0.25, 0.3) is 0 Å². The largest absolute Gasteiger partial charge is 0.457 e. The minimum Gasteiger partial charge on any atom is -0.457 e. The van der Waals surface area contributed by atoms with Gasteiger partial charge in [0.05, 0.1) is 13.2 Å². The second kappa shape index (κ2) is 50.9. The van der Waals surface area contributed by atoms with Crippen LogP contribution in [0.25, 0.3) is 0 Å². The lowest BCUT2D eigenvalue weighted by atomic mass is 10.0. The predicted molar refractivity (Wildman–Crippen MR) is 260 cm³/mol. The monoisotopic (exact) mass is 815 g/mol. The van der Waals surface area contributed by atoms with Gasteiger partial charge >= 0.3 is 5.97 Å². The van der Waals surface area contributed by atoms with Crippen molar-refractivity contribution in [2.24, 2.45) is 0 Å². The van der Waals surface area contributed by atoms with Crippen LogP contribution in [0.3, 0.4) is 0 Å². The molecule has 0 saturated heterocycles. The standard InChI is InChI=1S/C55H90O4/c1-3-5-7-9-11-13-15-17-19-21-23-25-26-27-28-29-31-33-35-37-39-41-43-45-47-49-51-58-53-54(52-56)59-55(57)50-48-46-44-42-40-38-36-34-32-30-24-22-20-18-16-14-12-10-8-6-4-2/h5-8,11-14,17-20,23-25,30,34,36,40,42,54,56H,3-4,9-10,15-16,21-22,26-29,31-33,35,37-39,41,43-53H2,1-2H3/b7-5-,8-6-,13-11-,14-12-,19-17-,20-18-,25-23-,30-24-,36-34-,42-40-. The molecule has 0 aromatic carbocycles. The van der Waals surface area contributed by atoms with Gasteiger partial charge < -0.3 is 14.6 Å². The molecule has 4 nitrogen and oxygen atoms in total. The molecule has 59 heavy (non-hydrogen) atoms. The Hall–Kier alpha value is -3.21. The quantitative estimate of drug-likeness (QED) is 0.0378. The SMILES string of the molecule is CC/C=C\C/C=C\C/C=C\C/C=C\C/C=C\C/C=C\CCCCC(=O)OC(CO)COCCCCCCCCCCCCCCC/C=C\C/C=C\C/C=C\C/C=C\CC. The van der Waals surface area contributed by atoms with E-state index >= 15 is 0 Å². The van der Waals surface area contributed by atoms with E-state index in [2.05, 4.69) is 135 Å². The van der Waals surface area contributed by atoms with Gasteiger partial charge in [0.15, 0.2) is 0 Å². The number of hydrogen-bond donors (Lipinski definition) is 1. The molecule has 0 aliphatic carbocycles. The third-order valence-corrected chi connectivity index (χ3v) is 9.78. The van der Waals surface area contributed by atoms with Crippen molar-refractivity contribution < 1.29 is 19.4 Å². The Kier molecular flexibility index (Phi) is 48.2. The van der Waals surface area contributed by atoms with Crippen LogP contribution in [0, 0.1) is 0 Å². The van der Waals surface area contributed by atoms with E-state index in [1.165, 1.54) is 83.5 Å². The van der Waals surface area contributed by atoms with Crippen molar-refractivity contribution in [2.75, 3.05) is 19.8 Å². The van der Waals surface area contributed by atoms with E-state index in [-0.39, 0.29) is 19.2 Å². The zero-order chi connectivity index (χ0) is 42.6. The maximum Gasteiger partial charge on any atom is 0.306 e. The molecule has 1 unspecified atom stereocenters. The Morgan fingerprint density at radius 2 is 0.712 bits per heavy atom. The molecule has 0 fully saturated rings. The highest BCUT2D eigenvalue weighted by Gasteiger charge is 2.13. The molecule has 334 valence electrons. The van der Waals surface area contributed by atoms with Gasteiger partial charge in [-0.15, -0.1) is 0 Å². The van der Waals surface area contributed by atoms with Crippen LogP contribution in [0.4, 0.5) is 0 Å². The van der Waals surface area contributed by atoms with Crippen LogP contribution in [-0.4, -0.2) is 37.0 Å². The van der Waals surface area contributed by atoms with Crippen LogP contribution in [0.5, 0.6) is 0 Å². The van der Waals surface area contributed by atoms with Crippen LogP contribution < -0.4 is 0 Å². The molecule has 0 rings (SSSR count). The second-order valence-corrected chi connectivity index (χ2v) is 15.4. The summed E-state index contributed by atoms with van der Waals surface area (Å²) in [5.74, 6) is -0.246. The van der Waals surface area contributed by atoms with E-state index in [4.69, 9.17) is 9.47 Å². The molecule has 0 aliphatic heterocycles. The average Bonchev–Trinajstić information content (AvgIpc) is 3.24. The van der Waals surface area contributed by atoms with Crippen molar-refractivity contribution in [3.05, 3.63) is 122 Å². The lowest BCUT2D eigenvalue weighted by Crippen LogP contribution is -2.27. The first-order valence-corrected chi connectivity index (χ1v) is 24.1. The van der Waals surface area contributed by atoms with Gasteiger partial charge in [-0.25, -0.2) is 0 Å². The van der Waals surface area contributed by atoms with E-state index in [1.807, 2.05) is 0 Å². The van der Waals surface area contributed by atoms with Crippen LogP contribution >= 0.6 is 0 Å². The summed E-state index contributed by atoms with van der Waals surface area (Å²) < 4.78 is 11.2. The number of carbonyl (C=O) groups is 1. The average molecular weight is 815 g/mol. The molecule has 0 amide bonds. The molecule has 0 radical (unpaired) electrons. The fraction of sp³-hybridized carbons (Fsp3) is 0.618. The normalized spacial score (nSPS) is 13.5. The van der Waals surface area contributed by atoms with E-state index in [0.717, 1.165) is 89.9 Å². The number of hydrogen-bond acceptors (Lipinski definition) is 4. The molecule has 0 aromatic heterocycles. The Labute approximate surface area is 365 Å². The van der Waals surface area contributed by atoms with Gasteiger partial charge in [0.1, 0.15) is 6.10 Å². The number of rotatable bonds is 43. The number of aliphatic hydroxyl groups excluding tert-OH is 1. The van der Waals surface area contributed by atoms with Crippen molar-refractivity contribution in [2.45, 2.75) is 200 Å². The summed E-state index contributed by atoms with van der Waals surface area (Å²) in [7, 11) is 0. The van der Waals surface area contributed by atoms with Crippen molar-refractivity contribution >= 4 is 5.97 Å². The first kappa shape index (κ1) is 55.8. The Morgan fingerprint density at radius 1 is 0.407 bits per heavy atom. The molecule has 1 atom stereocenters. The van der Waals surface area contributed by atoms with Crippen LogP contribution in [0.2, 0.25) is 0 Å². The van der Waals surface area contributed by atoms with Crippen molar-refractivity contribution in [1.29, 1.82) is 0 Å².